The highest BCUT2D eigenvalue weighted by atomic mass is 79.9. The number of ketones is 1. The molecular weight excluding hydrogens is 443 g/mol. The lowest BCUT2D eigenvalue weighted by atomic mass is 9.79. The van der Waals surface area contributed by atoms with Gasteiger partial charge in [0.15, 0.2) is 5.78 Å². The highest BCUT2D eigenvalue weighted by Crippen LogP contribution is 2.35. The molecule has 1 unspecified atom stereocenters. The van der Waals surface area contributed by atoms with E-state index in [0.717, 1.165) is 14.3 Å². The number of benzene rings is 2. The molecule has 29 heavy (non-hydrogen) atoms. The molecule has 4 amide bonds. The lowest BCUT2D eigenvalue weighted by Gasteiger charge is -2.36. The van der Waals surface area contributed by atoms with Crippen LogP contribution < -0.4 is 0 Å². The van der Waals surface area contributed by atoms with E-state index in [1.807, 2.05) is 0 Å². The summed E-state index contributed by atoms with van der Waals surface area (Å²) >= 11 is 3.34. The van der Waals surface area contributed by atoms with Crippen molar-refractivity contribution in [2.45, 2.75) is 12.3 Å². The normalized spacial score (nSPS) is 16.3. The molecule has 1 atom stereocenters. The number of rotatable bonds is 5. The number of nitrogens with zero attached hydrogens (tertiary/aromatic N) is 2. The largest absolute Gasteiger partial charge is 0.332 e. The maximum Gasteiger partial charge on any atom is 0.332 e. The SMILES string of the molecule is CN1C(=O)C(C(CC(=O)c2ccc(F)cc2)c2ccc(Br)cc2)C(=O)N(C)C1=O. The van der Waals surface area contributed by atoms with Crippen LogP contribution in [0.25, 0.3) is 0 Å². The summed E-state index contributed by atoms with van der Waals surface area (Å²) in [5.74, 6) is -4.10. The van der Waals surface area contributed by atoms with Crippen molar-refractivity contribution in [1.82, 2.24) is 9.80 Å². The molecule has 1 aliphatic rings. The van der Waals surface area contributed by atoms with Gasteiger partial charge in [-0.2, -0.15) is 0 Å². The Morgan fingerprint density at radius 3 is 2.00 bits per heavy atom. The highest BCUT2D eigenvalue weighted by molar-refractivity contribution is 9.10. The third-order valence-corrected chi connectivity index (χ3v) is 5.57. The Labute approximate surface area is 175 Å². The Morgan fingerprint density at radius 1 is 0.966 bits per heavy atom. The average molecular weight is 461 g/mol. The minimum absolute atomic E-state index is 0.148. The molecule has 0 N–H and O–H groups in total. The highest BCUT2D eigenvalue weighted by Gasteiger charge is 2.47. The van der Waals surface area contributed by atoms with E-state index in [9.17, 15) is 23.6 Å². The minimum Gasteiger partial charge on any atom is -0.294 e. The van der Waals surface area contributed by atoms with Gasteiger partial charge in [-0.25, -0.2) is 9.18 Å². The molecule has 0 aromatic heterocycles. The molecule has 150 valence electrons. The summed E-state index contributed by atoms with van der Waals surface area (Å²) in [6.45, 7) is 0. The van der Waals surface area contributed by atoms with E-state index in [1.165, 1.54) is 38.4 Å². The summed E-state index contributed by atoms with van der Waals surface area (Å²) in [5.41, 5.74) is 0.897. The van der Waals surface area contributed by atoms with Gasteiger partial charge in [0, 0.05) is 36.5 Å². The molecule has 3 rings (SSSR count). The van der Waals surface area contributed by atoms with E-state index in [1.54, 1.807) is 24.3 Å². The van der Waals surface area contributed by atoms with Crippen LogP contribution >= 0.6 is 15.9 Å². The van der Waals surface area contributed by atoms with Gasteiger partial charge in [-0.05, 0) is 42.0 Å². The van der Waals surface area contributed by atoms with Crippen LogP contribution in [-0.2, 0) is 9.59 Å². The predicted octanol–water partition coefficient (Wildman–Crippen LogP) is 3.61. The van der Waals surface area contributed by atoms with Gasteiger partial charge >= 0.3 is 6.03 Å². The lowest BCUT2D eigenvalue weighted by Crippen LogP contribution is -2.58. The molecular formula is C21H18BrFN2O4. The first-order chi connectivity index (χ1) is 13.7. The first kappa shape index (κ1) is 20.9. The van der Waals surface area contributed by atoms with Gasteiger partial charge in [0.25, 0.3) is 0 Å². The smallest absolute Gasteiger partial charge is 0.294 e. The summed E-state index contributed by atoms with van der Waals surface area (Å²) in [7, 11) is 2.61. The molecule has 0 aliphatic carbocycles. The monoisotopic (exact) mass is 460 g/mol. The number of carbonyl (C=O) groups excluding carboxylic acids is 4. The number of halogens is 2. The van der Waals surface area contributed by atoms with Crippen LogP contribution in [-0.4, -0.2) is 47.5 Å². The molecule has 1 heterocycles. The molecule has 1 saturated heterocycles. The summed E-state index contributed by atoms with van der Waals surface area (Å²) in [5, 5.41) is 0. The number of carbonyl (C=O) groups is 4. The fraction of sp³-hybridized carbons (Fsp3) is 0.238. The van der Waals surface area contributed by atoms with Crippen LogP contribution in [0.5, 0.6) is 0 Å². The molecule has 1 aliphatic heterocycles. The number of barbiturate groups is 1. The lowest BCUT2D eigenvalue weighted by molar-refractivity contribution is -0.148. The summed E-state index contributed by atoms with van der Waals surface area (Å²) < 4.78 is 14.0. The molecule has 2 aromatic rings. The van der Waals surface area contributed by atoms with Crippen molar-refractivity contribution in [3.05, 3.63) is 69.9 Å². The minimum atomic E-state index is -1.21. The van der Waals surface area contributed by atoms with Crippen LogP contribution in [0.2, 0.25) is 0 Å². The van der Waals surface area contributed by atoms with Crippen molar-refractivity contribution in [3.63, 3.8) is 0 Å². The van der Waals surface area contributed by atoms with Crippen LogP contribution in [0.3, 0.4) is 0 Å². The Bertz CT molecular complexity index is 951. The van der Waals surface area contributed by atoms with Crippen LogP contribution in [0.15, 0.2) is 53.0 Å². The second-order valence-corrected chi connectivity index (χ2v) is 7.76. The van der Waals surface area contributed by atoms with Crippen molar-refractivity contribution < 1.29 is 23.6 Å². The van der Waals surface area contributed by atoms with E-state index >= 15 is 0 Å². The molecule has 2 aromatic carbocycles. The Hall–Kier alpha value is -2.87. The first-order valence-corrected chi connectivity index (χ1v) is 9.63. The van der Waals surface area contributed by atoms with E-state index < -0.39 is 35.5 Å². The number of urea groups is 1. The maximum atomic E-state index is 13.2. The van der Waals surface area contributed by atoms with Gasteiger partial charge in [-0.15, -0.1) is 0 Å². The Kier molecular flexibility index (Phi) is 5.93. The zero-order valence-corrected chi connectivity index (χ0v) is 17.3. The Morgan fingerprint density at radius 2 is 1.48 bits per heavy atom. The fourth-order valence-corrected chi connectivity index (χ4v) is 3.64. The van der Waals surface area contributed by atoms with Crippen molar-refractivity contribution in [3.8, 4) is 0 Å². The van der Waals surface area contributed by atoms with E-state index in [2.05, 4.69) is 15.9 Å². The third kappa shape index (κ3) is 4.12. The summed E-state index contributed by atoms with van der Waals surface area (Å²) in [6, 6.07) is 11.3. The van der Waals surface area contributed by atoms with Crippen molar-refractivity contribution in [2.75, 3.05) is 14.1 Å². The van der Waals surface area contributed by atoms with E-state index in [-0.39, 0.29) is 17.8 Å². The van der Waals surface area contributed by atoms with Gasteiger partial charge in [-0.3, -0.25) is 24.2 Å². The summed E-state index contributed by atoms with van der Waals surface area (Å²) in [4.78, 5) is 52.3. The molecule has 8 heteroatoms. The molecule has 1 fully saturated rings. The second kappa shape index (κ2) is 8.24. The van der Waals surface area contributed by atoms with E-state index in [4.69, 9.17) is 0 Å². The van der Waals surface area contributed by atoms with E-state index in [0.29, 0.717) is 5.56 Å². The van der Waals surface area contributed by atoms with Crippen LogP contribution in [0, 0.1) is 11.7 Å². The third-order valence-electron chi connectivity index (χ3n) is 5.04. The molecule has 0 spiro atoms. The van der Waals surface area contributed by atoms with Crippen LogP contribution in [0.1, 0.15) is 28.3 Å². The van der Waals surface area contributed by atoms with Crippen LogP contribution in [0.4, 0.5) is 9.18 Å². The number of Topliss-reactive ketones (excluding diaryl/α,β-unsaturated/α-hetero) is 1. The van der Waals surface area contributed by atoms with Gasteiger partial charge < -0.3 is 0 Å². The molecule has 0 radical (unpaired) electrons. The second-order valence-electron chi connectivity index (χ2n) is 6.85. The topological polar surface area (TPSA) is 74.8 Å². The van der Waals surface area contributed by atoms with Crippen molar-refractivity contribution >= 4 is 39.6 Å². The zero-order valence-electron chi connectivity index (χ0n) is 15.8. The number of amides is 4. The number of hydrogen-bond donors (Lipinski definition) is 0. The van der Waals surface area contributed by atoms with Gasteiger partial charge in [0.05, 0.1) is 0 Å². The van der Waals surface area contributed by atoms with Crippen molar-refractivity contribution in [2.24, 2.45) is 5.92 Å². The molecule has 0 bridgehead atoms. The van der Waals surface area contributed by atoms with Gasteiger partial charge in [-0.1, -0.05) is 28.1 Å². The average Bonchev–Trinajstić information content (AvgIpc) is 2.71. The maximum absolute atomic E-state index is 13.2. The predicted molar refractivity (Wildman–Crippen MR) is 107 cm³/mol. The van der Waals surface area contributed by atoms with Gasteiger partial charge in [0.2, 0.25) is 11.8 Å². The quantitative estimate of drug-likeness (QED) is 0.504. The Balaban J connectivity index is 2.01. The number of imide groups is 2. The van der Waals surface area contributed by atoms with Crippen molar-refractivity contribution in [1.29, 1.82) is 0 Å². The summed E-state index contributed by atoms with van der Waals surface area (Å²) in [6.07, 6.45) is -0.148. The molecule has 6 nitrogen and oxygen atoms in total. The zero-order chi connectivity index (χ0) is 21.3. The molecule has 0 saturated carbocycles. The fourth-order valence-electron chi connectivity index (χ4n) is 3.37. The van der Waals surface area contributed by atoms with Gasteiger partial charge in [0.1, 0.15) is 11.7 Å². The number of hydrogen-bond acceptors (Lipinski definition) is 4. The standard InChI is InChI=1S/C21H18BrFN2O4/c1-24-19(27)18(20(28)25(2)21(24)29)16(12-3-7-14(22)8-4-12)11-17(26)13-5-9-15(23)10-6-13/h3-10,16,18H,11H2,1-2H3. The first-order valence-electron chi connectivity index (χ1n) is 8.84.